The van der Waals surface area contributed by atoms with Crippen molar-refractivity contribution in [2.24, 2.45) is 17.8 Å². The first-order valence-corrected chi connectivity index (χ1v) is 19.5. The highest BCUT2D eigenvalue weighted by Crippen LogP contribution is 2.51. The summed E-state index contributed by atoms with van der Waals surface area (Å²) in [5.74, 6) is -3.10. The molecule has 11 heteroatoms. The number of benzene rings is 3. The van der Waals surface area contributed by atoms with Gasteiger partial charge in [0.15, 0.2) is 0 Å². The fraction of sp³-hybridized carbons (Fsp3) is 0.488. The number of carboxylic acid groups (broad SMARTS) is 1. The maximum Gasteiger partial charge on any atom is 0.404 e. The van der Waals surface area contributed by atoms with Gasteiger partial charge in [-0.3, -0.25) is 4.79 Å². The van der Waals surface area contributed by atoms with Crippen LogP contribution in [0.4, 0.5) is 29.3 Å². The van der Waals surface area contributed by atoms with Crippen LogP contribution in [0.15, 0.2) is 85.5 Å². The second-order valence-electron chi connectivity index (χ2n) is 15.8. The van der Waals surface area contributed by atoms with E-state index >= 15 is 8.78 Å². The number of amides is 2. The van der Waals surface area contributed by atoms with Gasteiger partial charge in [0, 0.05) is 60.1 Å². The molecule has 3 heterocycles. The SMILES string of the molecule is C=CC(=O)Nc1cccc(C(F)(F)c2ccc(N3CCC(CN4CCC(C(CN5CCC5)(c5cccc(F)c5)[C@H]5CCC[C@@H]5NC(=O)O)CC4)C3)cc2)c1. The van der Waals surface area contributed by atoms with Crippen molar-refractivity contribution in [1.82, 2.24) is 15.1 Å². The Labute approximate surface area is 316 Å². The lowest BCUT2D eigenvalue weighted by atomic mass is 9.57. The van der Waals surface area contributed by atoms with Crippen molar-refractivity contribution in [1.29, 1.82) is 0 Å². The molecule has 1 saturated carbocycles. The van der Waals surface area contributed by atoms with E-state index in [1.54, 1.807) is 24.3 Å². The largest absolute Gasteiger partial charge is 0.465 e. The zero-order valence-electron chi connectivity index (χ0n) is 30.9. The number of carbonyl (C=O) groups is 2. The summed E-state index contributed by atoms with van der Waals surface area (Å²) < 4.78 is 46.1. The average Bonchev–Trinajstić information content (AvgIpc) is 3.82. The van der Waals surface area contributed by atoms with Crippen molar-refractivity contribution in [3.05, 3.63) is 108 Å². The van der Waals surface area contributed by atoms with Crippen LogP contribution in [0.2, 0.25) is 0 Å². The second kappa shape index (κ2) is 16.2. The van der Waals surface area contributed by atoms with E-state index in [-0.39, 0.29) is 40.0 Å². The van der Waals surface area contributed by atoms with Gasteiger partial charge in [0.2, 0.25) is 5.91 Å². The van der Waals surface area contributed by atoms with Gasteiger partial charge in [-0.2, -0.15) is 8.78 Å². The molecule has 0 radical (unpaired) electrons. The molecule has 4 aliphatic rings. The Hall–Kier alpha value is -4.35. The minimum absolute atomic E-state index is 0.0949. The molecule has 0 bridgehead atoms. The third kappa shape index (κ3) is 8.03. The third-order valence-corrected chi connectivity index (χ3v) is 12.7. The molecule has 3 saturated heterocycles. The number of alkyl halides is 2. The molecule has 2 unspecified atom stereocenters. The number of hydrogen-bond donors (Lipinski definition) is 3. The Morgan fingerprint density at radius 1 is 0.833 bits per heavy atom. The van der Waals surface area contributed by atoms with Gasteiger partial charge < -0.3 is 30.4 Å². The minimum Gasteiger partial charge on any atom is -0.465 e. The topological polar surface area (TPSA) is 88.2 Å². The predicted molar refractivity (Wildman–Crippen MR) is 206 cm³/mol. The number of nitrogens with one attached hydrogen (secondary N) is 2. The number of piperidine rings is 1. The lowest BCUT2D eigenvalue weighted by Gasteiger charge is -2.53. The Kier molecular flexibility index (Phi) is 11.4. The van der Waals surface area contributed by atoms with Gasteiger partial charge in [0.25, 0.3) is 5.92 Å². The standard InChI is InChI=1S/C43H52F3N5O3/c1-2-40(52)47-36-10-4-8-34(26-36)43(45,46)32-13-15-37(16-14-32)51-24-17-30(28-51)27-49-22-18-31(19-23-49)42(29-50-20-6-21-50,33-7-3-9-35(44)25-33)38-11-5-12-39(38)48-41(53)54/h2-4,7-10,13-16,25-26,30-31,38-39,48H,1,5-6,11-12,17-24,27-29H2,(H,47,52)(H,53,54)/t30?,38-,39-,42?/m0/s1. The van der Waals surface area contributed by atoms with Crippen LogP contribution in [0.3, 0.4) is 0 Å². The minimum atomic E-state index is -3.24. The molecule has 2 amide bonds. The van der Waals surface area contributed by atoms with Crippen molar-refractivity contribution in [3.8, 4) is 0 Å². The van der Waals surface area contributed by atoms with Crippen LogP contribution < -0.4 is 15.5 Å². The number of halogens is 3. The Morgan fingerprint density at radius 2 is 1.57 bits per heavy atom. The van der Waals surface area contributed by atoms with Crippen LogP contribution in [-0.2, 0) is 16.1 Å². The summed E-state index contributed by atoms with van der Waals surface area (Å²) in [6.45, 7) is 10.8. The van der Waals surface area contributed by atoms with E-state index in [4.69, 9.17) is 0 Å². The molecular weight excluding hydrogens is 691 g/mol. The predicted octanol–water partition coefficient (Wildman–Crippen LogP) is 7.71. The van der Waals surface area contributed by atoms with Crippen molar-refractivity contribution >= 4 is 23.4 Å². The van der Waals surface area contributed by atoms with Crippen molar-refractivity contribution in [2.75, 3.05) is 62.6 Å². The molecule has 54 heavy (non-hydrogen) atoms. The lowest BCUT2D eigenvalue weighted by Crippen LogP contribution is -2.59. The van der Waals surface area contributed by atoms with E-state index < -0.39 is 17.9 Å². The maximum absolute atomic E-state index is 15.6. The molecule has 7 rings (SSSR count). The van der Waals surface area contributed by atoms with Crippen LogP contribution in [0.25, 0.3) is 0 Å². The Morgan fingerprint density at radius 3 is 2.26 bits per heavy atom. The number of anilines is 2. The van der Waals surface area contributed by atoms with Gasteiger partial charge in [-0.25, -0.2) is 9.18 Å². The van der Waals surface area contributed by atoms with Crippen LogP contribution in [0.1, 0.15) is 61.6 Å². The highest BCUT2D eigenvalue weighted by molar-refractivity contribution is 5.98. The summed E-state index contributed by atoms with van der Waals surface area (Å²) in [5.41, 5.74) is 1.57. The molecule has 8 nitrogen and oxygen atoms in total. The molecule has 0 aromatic heterocycles. The molecule has 3 aromatic carbocycles. The molecule has 3 aromatic rings. The zero-order valence-corrected chi connectivity index (χ0v) is 30.9. The number of nitrogens with zero attached hydrogens (tertiary/aromatic N) is 3. The van der Waals surface area contributed by atoms with E-state index in [0.717, 1.165) is 115 Å². The first-order chi connectivity index (χ1) is 26.0. The van der Waals surface area contributed by atoms with Crippen molar-refractivity contribution in [3.63, 3.8) is 0 Å². The van der Waals surface area contributed by atoms with Gasteiger partial charge in [-0.15, -0.1) is 0 Å². The molecule has 288 valence electrons. The molecule has 0 spiro atoms. The molecular formula is C43H52F3N5O3. The lowest BCUT2D eigenvalue weighted by molar-refractivity contribution is -0.111. The van der Waals surface area contributed by atoms with E-state index in [1.165, 1.54) is 36.4 Å². The molecule has 3 aliphatic heterocycles. The van der Waals surface area contributed by atoms with E-state index in [0.29, 0.717) is 11.8 Å². The zero-order chi connectivity index (χ0) is 37.9. The van der Waals surface area contributed by atoms with Crippen molar-refractivity contribution in [2.45, 2.75) is 62.3 Å². The smallest absolute Gasteiger partial charge is 0.404 e. The first-order valence-electron chi connectivity index (χ1n) is 19.5. The summed E-state index contributed by atoms with van der Waals surface area (Å²) in [5, 5.41) is 15.2. The van der Waals surface area contributed by atoms with Gasteiger partial charge in [-0.1, -0.05) is 49.4 Å². The third-order valence-electron chi connectivity index (χ3n) is 12.7. The summed E-state index contributed by atoms with van der Waals surface area (Å²) in [6.07, 6.45) is 6.91. The quantitative estimate of drug-likeness (QED) is 0.156. The number of likely N-dealkylation sites (tertiary alicyclic amines) is 2. The van der Waals surface area contributed by atoms with Crippen LogP contribution in [-0.4, -0.2) is 85.3 Å². The molecule has 3 N–H and O–H groups in total. The van der Waals surface area contributed by atoms with Gasteiger partial charge >= 0.3 is 6.09 Å². The van der Waals surface area contributed by atoms with Crippen LogP contribution >= 0.6 is 0 Å². The molecule has 1 aliphatic carbocycles. The van der Waals surface area contributed by atoms with Gasteiger partial charge in [0.1, 0.15) is 5.82 Å². The summed E-state index contributed by atoms with van der Waals surface area (Å²) in [6, 6.07) is 19.2. The summed E-state index contributed by atoms with van der Waals surface area (Å²) >= 11 is 0. The summed E-state index contributed by atoms with van der Waals surface area (Å²) in [4.78, 5) is 30.9. The number of carbonyl (C=O) groups excluding carboxylic acids is 1. The second-order valence-corrected chi connectivity index (χ2v) is 15.8. The van der Waals surface area contributed by atoms with Gasteiger partial charge in [-0.05, 0) is 130 Å². The highest BCUT2D eigenvalue weighted by Gasteiger charge is 2.53. The maximum atomic E-state index is 15.6. The van der Waals surface area contributed by atoms with E-state index in [1.807, 2.05) is 6.07 Å². The monoisotopic (exact) mass is 743 g/mol. The van der Waals surface area contributed by atoms with Gasteiger partial charge in [0.05, 0.1) is 0 Å². The van der Waals surface area contributed by atoms with E-state index in [2.05, 4.69) is 38.0 Å². The fourth-order valence-electron chi connectivity index (χ4n) is 9.93. The summed E-state index contributed by atoms with van der Waals surface area (Å²) in [7, 11) is 0. The first kappa shape index (κ1) is 37.9. The number of hydrogen-bond acceptors (Lipinski definition) is 5. The highest BCUT2D eigenvalue weighted by atomic mass is 19.3. The normalized spacial score (nSPS) is 23.8. The van der Waals surface area contributed by atoms with Crippen LogP contribution in [0, 0.1) is 23.6 Å². The van der Waals surface area contributed by atoms with E-state index in [9.17, 15) is 19.1 Å². The Balaban J connectivity index is 1.00. The fourth-order valence-corrected chi connectivity index (χ4v) is 9.93. The Bertz CT molecular complexity index is 1790. The van der Waals surface area contributed by atoms with Crippen molar-refractivity contribution < 1.29 is 27.9 Å². The molecule has 4 atom stereocenters. The number of rotatable bonds is 13. The molecule has 4 fully saturated rings. The van der Waals surface area contributed by atoms with Crippen LogP contribution in [0.5, 0.6) is 0 Å². The average molecular weight is 744 g/mol.